The lowest BCUT2D eigenvalue weighted by Gasteiger charge is -1.87. The summed E-state index contributed by atoms with van der Waals surface area (Å²) in [5.74, 6) is 0. The first-order chi connectivity index (χ1) is 5.35. The van der Waals surface area contributed by atoms with E-state index in [9.17, 15) is 0 Å². The molecule has 0 amide bonds. The van der Waals surface area contributed by atoms with E-state index < -0.39 is 0 Å². The van der Waals surface area contributed by atoms with Gasteiger partial charge in [-0.15, -0.1) is 12.7 Å². The van der Waals surface area contributed by atoms with Gasteiger partial charge in [-0.25, -0.2) is 0 Å². The standard InChI is InChI=1S/C10H13P/c1-4-6-8-10(11-3)9-7-5-2/h3-6,8-9,11H,1-2,7H2/b8-6-,10-9+. The molecule has 0 radical (unpaired) electrons. The Morgan fingerprint density at radius 3 is 2.64 bits per heavy atom. The smallest absolute Gasteiger partial charge is 0.00592 e. The van der Waals surface area contributed by atoms with E-state index in [2.05, 4.69) is 19.2 Å². The Bertz CT molecular complexity index is 226. The molecule has 0 bridgehead atoms. The first kappa shape index (κ1) is 10.0. The molecule has 0 spiro atoms. The summed E-state index contributed by atoms with van der Waals surface area (Å²) in [7, 11) is 0.347. The average Bonchev–Trinajstić information content (AvgIpc) is 2.05. The van der Waals surface area contributed by atoms with Gasteiger partial charge in [0.05, 0.1) is 0 Å². The van der Waals surface area contributed by atoms with Crippen molar-refractivity contribution in [3.8, 4) is 6.13 Å². The van der Waals surface area contributed by atoms with Crippen LogP contribution in [0.3, 0.4) is 0 Å². The van der Waals surface area contributed by atoms with Crippen LogP contribution in [0, 0.1) is 6.13 Å². The minimum absolute atomic E-state index is 0.347. The Balaban J connectivity index is 4.17. The van der Waals surface area contributed by atoms with Gasteiger partial charge < -0.3 is 0 Å². The molecule has 0 rings (SSSR count). The zero-order valence-electron chi connectivity index (χ0n) is 6.59. The highest BCUT2D eigenvalue weighted by Crippen LogP contribution is 2.11. The van der Waals surface area contributed by atoms with Crippen LogP contribution in [-0.4, -0.2) is 0 Å². The maximum atomic E-state index is 5.49. The molecule has 0 aromatic carbocycles. The van der Waals surface area contributed by atoms with Gasteiger partial charge in [0, 0.05) is 0 Å². The summed E-state index contributed by atoms with van der Waals surface area (Å²) in [5, 5.41) is 1.14. The highest BCUT2D eigenvalue weighted by molar-refractivity contribution is 7.31. The van der Waals surface area contributed by atoms with E-state index in [1.54, 1.807) is 6.08 Å². The maximum Gasteiger partial charge on any atom is -0.00592 e. The van der Waals surface area contributed by atoms with Crippen molar-refractivity contribution in [2.45, 2.75) is 6.42 Å². The molecule has 0 aromatic heterocycles. The molecule has 1 unspecified atom stereocenters. The van der Waals surface area contributed by atoms with Gasteiger partial charge in [0.25, 0.3) is 0 Å². The topological polar surface area (TPSA) is 0 Å². The Morgan fingerprint density at radius 1 is 1.45 bits per heavy atom. The lowest BCUT2D eigenvalue weighted by Crippen LogP contribution is -1.62. The second kappa shape index (κ2) is 7.15. The Labute approximate surface area is 70.1 Å². The SMILES string of the molecule is C#[PH]C(/C=C\C=C)=C/CC=C. The summed E-state index contributed by atoms with van der Waals surface area (Å²) < 4.78 is 0. The molecule has 0 saturated heterocycles. The van der Waals surface area contributed by atoms with Crippen LogP contribution in [0.15, 0.2) is 48.9 Å². The van der Waals surface area contributed by atoms with Crippen LogP contribution in [-0.2, 0) is 0 Å². The summed E-state index contributed by atoms with van der Waals surface area (Å²) in [6.45, 7) is 7.20. The van der Waals surface area contributed by atoms with E-state index >= 15 is 0 Å². The van der Waals surface area contributed by atoms with Crippen LogP contribution in [0.2, 0.25) is 0 Å². The highest BCUT2D eigenvalue weighted by Gasteiger charge is 1.79. The molecule has 0 aliphatic rings. The van der Waals surface area contributed by atoms with Crippen LogP contribution in [0.4, 0.5) is 0 Å². The molecule has 0 heterocycles. The first-order valence-electron chi connectivity index (χ1n) is 3.42. The number of hydrogen-bond acceptors (Lipinski definition) is 0. The molecule has 0 N–H and O–H groups in total. The molecule has 58 valence electrons. The summed E-state index contributed by atoms with van der Waals surface area (Å²) in [4.78, 5) is 0. The van der Waals surface area contributed by atoms with E-state index in [1.807, 2.05) is 18.2 Å². The van der Waals surface area contributed by atoms with E-state index in [-0.39, 0.29) is 0 Å². The Hall–Kier alpha value is -0.960. The van der Waals surface area contributed by atoms with Crippen LogP contribution in [0.25, 0.3) is 0 Å². The Morgan fingerprint density at radius 2 is 2.18 bits per heavy atom. The summed E-state index contributed by atoms with van der Waals surface area (Å²) in [6, 6.07) is 0. The number of hydrogen-bond donors (Lipinski definition) is 0. The van der Waals surface area contributed by atoms with Gasteiger partial charge in [-0.05, 0) is 11.7 Å². The lowest BCUT2D eigenvalue weighted by molar-refractivity contribution is 1.40. The molecular formula is C10H13P. The van der Waals surface area contributed by atoms with Gasteiger partial charge in [-0.1, -0.05) is 45.0 Å². The predicted molar refractivity (Wildman–Crippen MR) is 55.5 cm³/mol. The molecular weight excluding hydrogens is 151 g/mol. The molecule has 0 aliphatic heterocycles. The van der Waals surface area contributed by atoms with Gasteiger partial charge in [0.2, 0.25) is 0 Å². The normalized spacial score (nSPS) is 12.1. The fraction of sp³-hybridized carbons (Fsp3) is 0.100. The quantitative estimate of drug-likeness (QED) is 0.339. The number of rotatable bonds is 4. The molecule has 1 heteroatoms. The third-order valence-corrected chi connectivity index (χ3v) is 1.79. The molecule has 0 fully saturated rings. The van der Waals surface area contributed by atoms with Crippen molar-refractivity contribution in [3.05, 3.63) is 48.9 Å². The van der Waals surface area contributed by atoms with Gasteiger partial charge in [-0.3, -0.25) is 0 Å². The fourth-order valence-electron chi connectivity index (χ4n) is 0.557. The van der Waals surface area contributed by atoms with Gasteiger partial charge in [0.15, 0.2) is 0 Å². The minimum Gasteiger partial charge on any atom is -0.146 e. The summed E-state index contributed by atoms with van der Waals surface area (Å²) in [6.07, 6.45) is 15.9. The van der Waals surface area contributed by atoms with E-state index in [4.69, 9.17) is 6.13 Å². The van der Waals surface area contributed by atoms with E-state index in [0.29, 0.717) is 8.04 Å². The molecule has 1 atom stereocenters. The Kier molecular flexibility index (Phi) is 6.53. The third kappa shape index (κ3) is 5.48. The molecule has 0 aliphatic carbocycles. The van der Waals surface area contributed by atoms with Gasteiger partial charge in [0.1, 0.15) is 0 Å². The van der Waals surface area contributed by atoms with Crippen molar-refractivity contribution in [2.24, 2.45) is 0 Å². The van der Waals surface area contributed by atoms with Gasteiger partial charge in [-0.2, -0.15) is 0 Å². The molecule has 0 saturated carbocycles. The van der Waals surface area contributed by atoms with E-state index in [0.717, 1.165) is 11.7 Å². The minimum atomic E-state index is 0.347. The van der Waals surface area contributed by atoms with Crippen molar-refractivity contribution in [3.63, 3.8) is 0 Å². The van der Waals surface area contributed by atoms with Crippen molar-refractivity contribution in [1.82, 2.24) is 0 Å². The zero-order valence-corrected chi connectivity index (χ0v) is 7.59. The predicted octanol–water partition coefficient (Wildman–Crippen LogP) is 3.46. The number of allylic oxidation sites excluding steroid dienone is 6. The van der Waals surface area contributed by atoms with Crippen molar-refractivity contribution in [2.75, 3.05) is 0 Å². The van der Waals surface area contributed by atoms with E-state index in [1.165, 1.54) is 0 Å². The zero-order chi connectivity index (χ0) is 8.53. The maximum absolute atomic E-state index is 5.49. The van der Waals surface area contributed by atoms with Gasteiger partial charge >= 0.3 is 0 Å². The summed E-state index contributed by atoms with van der Waals surface area (Å²) >= 11 is 0. The van der Waals surface area contributed by atoms with Crippen LogP contribution in [0.5, 0.6) is 0 Å². The van der Waals surface area contributed by atoms with Crippen molar-refractivity contribution < 1.29 is 0 Å². The second-order valence-electron chi connectivity index (χ2n) is 1.92. The largest absolute Gasteiger partial charge is 0.146 e. The molecule has 0 aromatic rings. The molecule has 11 heavy (non-hydrogen) atoms. The first-order valence-corrected chi connectivity index (χ1v) is 4.49. The monoisotopic (exact) mass is 164 g/mol. The van der Waals surface area contributed by atoms with Crippen molar-refractivity contribution >= 4 is 8.04 Å². The van der Waals surface area contributed by atoms with Crippen molar-refractivity contribution in [1.29, 1.82) is 0 Å². The fourth-order valence-corrected chi connectivity index (χ4v) is 0.985. The van der Waals surface area contributed by atoms with Crippen LogP contribution in [0.1, 0.15) is 6.42 Å². The van der Waals surface area contributed by atoms with Crippen LogP contribution < -0.4 is 0 Å². The average molecular weight is 164 g/mol. The highest BCUT2D eigenvalue weighted by atomic mass is 31.0. The second-order valence-corrected chi connectivity index (χ2v) is 2.79. The van der Waals surface area contributed by atoms with Crippen LogP contribution >= 0.6 is 8.04 Å². The summed E-state index contributed by atoms with van der Waals surface area (Å²) in [5.41, 5.74) is 0. The third-order valence-electron chi connectivity index (χ3n) is 1.08. The lowest BCUT2D eigenvalue weighted by atomic mass is 10.3. The molecule has 0 nitrogen and oxygen atoms in total.